The van der Waals surface area contributed by atoms with Gasteiger partial charge in [0.2, 0.25) is 0 Å². The first kappa shape index (κ1) is 14.7. The van der Waals surface area contributed by atoms with Crippen LogP contribution in [0.2, 0.25) is 0 Å². The van der Waals surface area contributed by atoms with Gasteiger partial charge >= 0.3 is 0 Å². The molecule has 0 bridgehead atoms. The Morgan fingerprint density at radius 2 is 1.18 bits per heavy atom. The van der Waals surface area contributed by atoms with Crippen LogP contribution in [0.3, 0.4) is 0 Å². The molecule has 0 rings (SSSR count). The summed E-state index contributed by atoms with van der Waals surface area (Å²) in [5.41, 5.74) is 0.389. The lowest BCUT2D eigenvalue weighted by molar-refractivity contribution is -0.153. The highest BCUT2D eigenvalue weighted by Crippen LogP contribution is 2.22. The van der Waals surface area contributed by atoms with Gasteiger partial charge in [0.1, 0.15) is 0 Å². The second-order valence-electron chi connectivity index (χ2n) is 2.83. The van der Waals surface area contributed by atoms with E-state index in [4.69, 9.17) is 11.7 Å². The normalized spacial score (nSPS) is 10.0. The van der Waals surface area contributed by atoms with E-state index in [1.54, 1.807) is 10.9 Å². The van der Waals surface area contributed by atoms with Crippen molar-refractivity contribution in [1.82, 2.24) is 10.9 Å². The van der Waals surface area contributed by atoms with Gasteiger partial charge in [-0.15, -0.1) is 0 Å². The van der Waals surface area contributed by atoms with Crippen LogP contribution in [-0.4, -0.2) is 23.4 Å². The average Bonchev–Trinajstić information content (AvgIpc) is 2.37. The fraction of sp³-hybridized carbons (Fsp3) is 0.111. The van der Waals surface area contributed by atoms with Crippen LogP contribution in [-0.2, 0) is 19.2 Å². The van der Waals surface area contributed by atoms with Crippen LogP contribution in [0.4, 0.5) is 0 Å². The minimum absolute atomic E-state index is 0.645. The summed E-state index contributed by atoms with van der Waals surface area (Å²) in [4.78, 5) is 46.3. The molecule has 0 aliphatic rings. The lowest BCUT2D eigenvalue weighted by Gasteiger charge is -2.24. The number of carbonyl (C=O) groups is 4. The fourth-order valence-electron chi connectivity index (χ4n) is 1.19. The summed E-state index contributed by atoms with van der Waals surface area (Å²) in [7, 11) is 0. The molecule has 0 radical (unpaired) electrons. The highest BCUT2D eigenvalue weighted by Gasteiger charge is 2.56. The lowest BCUT2D eigenvalue weighted by atomic mass is 9.77. The van der Waals surface area contributed by atoms with Crippen LogP contribution >= 0.6 is 0 Å². The Morgan fingerprint density at radius 3 is 1.35 bits per heavy atom. The van der Waals surface area contributed by atoms with Gasteiger partial charge in [0, 0.05) is 0 Å². The predicted molar refractivity (Wildman–Crippen MR) is 57.5 cm³/mol. The number of hydrogen-bond donors (Lipinski definition) is 4. The number of rotatable bonds is 6. The van der Waals surface area contributed by atoms with Crippen molar-refractivity contribution in [2.75, 3.05) is 0 Å². The third-order valence-corrected chi connectivity index (χ3v) is 2.05. The van der Waals surface area contributed by atoms with Gasteiger partial charge in [-0.1, -0.05) is 13.2 Å². The van der Waals surface area contributed by atoms with E-state index < -0.39 is 28.8 Å². The zero-order chi connectivity index (χ0) is 13.6. The first-order chi connectivity index (χ1) is 7.93. The first-order valence-corrected chi connectivity index (χ1v) is 4.29. The predicted octanol–water partition coefficient (Wildman–Crippen LogP) is -2.54. The van der Waals surface area contributed by atoms with Gasteiger partial charge in [0.25, 0.3) is 17.2 Å². The molecular formula is C9H12N4O4. The molecule has 92 valence electrons. The van der Waals surface area contributed by atoms with Crippen molar-refractivity contribution in [3.63, 3.8) is 0 Å². The van der Waals surface area contributed by atoms with Crippen molar-refractivity contribution >= 4 is 23.4 Å². The molecule has 0 aromatic heterocycles. The molecule has 0 aliphatic carbocycles. The topological polar surface area (TPSA) is 144 Å². The molecule has 8 heteroatoms. The van der Waals surface area contributed by atoms with Crippen molar-refractivity contribution in [2.45, 2.75) is 0 Å². The molecule has 0 saturated heterocycles. The van der Waals surface area contributed by atoms with E-state index in [0.717, 1.165) is 0 Å². The summed E-state index contributed by atoms with van der Waals surface area (Å²) in [5.74, 6) is 4.72. The van der Waals surface area contributed by atoms with Crippen LogP contribution in [0.15, 0.2) is 25.3 Å². The molecule has 0 aromatic rings. The molecule has 0 unspecified atom stereocenters. The van der Waals surface area contributed by atoms with Crippen molar-refractivity contribution in [1.29, 1.82) is 0 Å². The molecule has 17 heavy (non-hydrogen) atoms. The number of carbonyl (C=O) groups excluding carboxylic acids is 4. The number of amides is 2. The van der Waals surface area contributed by atoms with Crippen LogP contribution < -0.4 is 22.5 Å². The van der Waals surface area contributed by atoms with Gasteiger partial charge in [-0.25, -0.2) is 11.7 Å². The van der Waals surface area contributed by atoms with E-state index in [2.05, 4.69) is 13.2 Å². The lowest BCUT2D eigenvalue weighted by Crippen LogP contribution is -2.62. The van der Waals surface area contributed by atoms with Gasteiger partial charge in [-0.05, 0) is 12.2 Å². The number of hydrogen-bond acceptors (Lipinski definition) is 6. The highest BCUT2D eigenvalue weighted by molar-refractivity contribution is 6.41. The van der Waals surface area contributed by atoms with Crippen LogP contribution in [0, 0.1) is 5.41 Å². The Labute approximate surface area is 96.6 Å². The van der Waals surface area contributed by atoms with Gasteiger partial charge in [-0.3, -0.25) is 30.0 Å². The summed E-state index contributed by atoms with van der Waals surface area (Å²) >= 11 is 0. The zero-order valence-electron chi connectivity index (χ0n) is 8.86. The molecule has 6 N–H and O–H groups in total. The number of ketones is 2. The Balaban J connectivity index is 6.06. The van der Waals surface area contributed by atoms with Crippen molar-refractivity contribution < 1.29 is 19.2 Å². The average molecular weight is 240 g/mol. The summed E-state index contributed by atoms with van der Waals surface area (Å²) in [6.07, 6.45) is 1.29. The second kappa shape index (κ2) is 5.68. The highest BCUT2D eigenvalue weighted by atomic mass is 16.2. The van der Waals surface area contributed by atoms with Gasteiger partial charge in [0.05, 0.1) is 0 Å². The Morgan fingerprint density at radius 1 is 0.882 bits per heavy atom. The molecule has 0 fully saturated rings. The first-order valence-electron chi connectivity index (χ1n) is 4.29. The Bertz CT molecular complexity index is 364. The summed E-state index contributed by atoms with van der Waals surface area (Å²) in [6.45, 7) is 6.20. The van der Waals surface area contributed by atoms with E-state index in [1.165, 1.54) is 0 Å². The van der Waals surface area contributed by atoms with E-state index in [9.17, 15) is 19.2 Å². The Kier molecular flexibility index (Phi) is 4.90. The molecule has 0 saturated carbocycles. The molecule has 0 spiro atoms. The van der Waals surface area contributed by atoms with Crippen molar-refractivity contribution in [2.24, 2.45) is 17.1 Å². The number of hydrazine groups is 2. The molecule has 0 aromatic carbocycles. The third kappa shape index (κ3) is 2.12. The Hall–Kier alpha value is -2.32. The van der Waals surface area contributed by atoms with Gasteiger partial charge in [-0.2, -0.15) is 0 Å². The molecule has 8 nitrogen and oxygen atoms in total. The fourth-order valence-corrected chi connectivity index (χ4v) is 1.19. The maximum Gasteiger partial charge on any atom is 0.265 e. The van der Waals surface area contributed by atoms with E-state index in [1.807, 2.05) is 0 Å². The molecule has 2 amide bonds. The molecule has 0 atom stereocenters. The standard InChI is InChI=1S/C9H12N4O4/c1-3-5(14)9(6(15)4-2,7(16)12-10)8(17)13-11/h3-4H,1-2,10-11H2,(H,12,16)(H,13,17). The number of allylic oxidation sites excluding steroid dienone is 2. The number of nitrogens with one attached hydrogen (secondary N) is 2. The zero-order valence-corrected chi connectivity index (χ0v) is 8.86. The minimum atomic E-state index is -2.73. The monoisotopic (exact) mass is 240 g/mol. The quantitative estimate of drug-likeness (QED) is 0.132. The van der Waals surface area contributed by atoms with E-state index in [0.29, 0.717) is 12.2 Å². The third-order valence-electron chi connectivity index (χ3n) is 2.05. The van der Waals surface area contributed by atoms with Crippen molar-refractivity contribution in [3.8, 4) is 0 Å². The minimum Gasteiger partial charge on any atom is -0.293 e. The number of nitrogens with two attached hydrogens (primary N) is 2. The van der Waals surface area contributed by atoms with Gasteiger partial charge in [0.15, 0.2) is 11.6 Å². The summed E-state index contributed by atoms with van der Waals surface area (Å²) < 4.78 is 0. The SMILES string of the molecule is C=CC(=O)C(C(=O)C=C)(C(=O)NN)C(=O)NN. The molecule has 0 heterocycles. The maximum atomic E-state index is 11.6. The molecular weight excluding hydrogens is 228 g/mol. The maximum absolute atomic E-state index is 11.6. The smallest absolute Gasteiger partial charge is 0.265 e. The van der Waals surface area contributed by atoms with Crippen molar-refractivity contribution in [3.05, 3.63) is 25.3 Å². The molecule has 0 aliphatic heterocycles. The largest absolute Gasteiger partial charge is 0.293 e. The van der Waals surface area contributed by atoms with Crippen LogP contribution in [0.25, 0.3) is 0 Å². The van der Waals surface area contributed by atoms with Crippen LogP contribution in [0.1, 0.15) is 0 Å². The summed E-state index contributed by atoms with van der Waals surface area (Å²) in [6, 6.07) is 0. The van der Waals surface area contributed by atoms with Crippen LogP contribution in [0.5, 0.6) is 0 Å². The van der Waals surface area contributed by atoms with Gasteiger partial charge < -0.3 is 0 Å². The summed E-state index contributed by atoms with van der Waals surface area (Å²) in [5, 5.41) is 0. The second-order valence-corrected chi connectivity index (χ2v) is 2.83. The van der Waals surface area contributed by atoms with E-state index >= 15 is 0 Å². The van der Waals surface area contributed by atoms with E-state index in [-0.39, 0.29) is 0 Å².